The molecule has 1 N–H and O–H groups in total. The molecule has 3 heterocycles. The number of nitrogens with zero attached hydrogens (tertiary/aromatic N) is 2. The molecule has 1 aromatic carbocycles. The molecule has 0 bridgehead atoms. The molecular formula is C20H21N3O3. The number of carbonyl (C=O) groups is 1. The third-order valence-corrected chi connectivity index (χ3v) is 5.11. The molecule has 26 heavy (non-hydrogen) atoms. The zero-order valence-electron chi connectivity index (χ0n) is 14.9. The highest BCUT2D eigenvalue weighted by atomic mass is 16.3. The number of carbonyl (C=O) groups excluding carboxylic acids is 1. The first-order valence-corrected chi connectivity index (χ1v) is 8.86. The molecule has 134 valence electrons. The Labute approximate surface area is 150 Å². The second-order valence-corrected chi connectivity index (χ2v) is 6.98. The van der Waals surface area contributed by atoms with E-state index in [1.807, 2.05) is 36.9 Å². The van der Waals surface area contributed by atoms with E-state index in [1.165, 1.54) is 12.4 Å². The van der Waals surface area contributed by atoms with E-state index in [4.69, 9.17) is 4.42 Å². The smallest absolute Gasteiger partial charge is 0.289 e. The van der Waals surface area contributed by atoms with Gasteiger partial charge in [0.25, 0.3) is 11.5 Å². The SMILES string of the molecule is Cc1ccc2c(C)c(C(=O)N3CCC[C@H](c4cc(=O)[nH]cn4)C3)oc2c1. The Morgan fingerprint density at radius 1 is 1.31 bits per heavy atom. The van der Waals surface area contributed by atoms with E-state index in [0.29, 0.717) is 18.8 Å². The molecule has 1 saturated heterocycles. The van der Waals surface area contributed by atoms with Crippen LogP contribution in [0.2, 0.25) is 0 Å². The number of aryl methyl sites for hydroxylation is 2. The van der Waals surface area contributed by atoms with Crippen LogP contribution in [0.25, 0.3) is 11.0 Å². The molecule has 4 rings (SSSR count). The topological polar surface area (TPSA) is 79.2 Å². The summed E-state index contributed by atoms with van der Waals surface area (Å²) in [5.74, 6) is 0.387. The van der Waals surface area contributed by atoms with Crippen LogP contribution < -0.4 is 5.56 Å². The number of nitrogens with one attached hydrogen (secondary N) is 1. The summed E-state index contributed by atoms with van der Waals surface area (Å²) in [6.45, 7) is 5.16. The fraction of sp³-hybridized carbons (Fsp3) is 0.350. The molecule has 0 saturated carbocycles. The molecule has 0 unspecified atom stereocenters. The number of aromatic amines is 1. The van der Waals surface area contributed by atoms with Crippen LogP contribution in [-0.2, 0) is 0 Å². The van der Waals surface area contributed by atoms with Gasteiger partial charge in [0.2, 0.25) is 0 Å². The molecule has 3 aromatic rings. The number of furan rings is 1. The number of fused-ring (bicyclic) bond motifs is 1. The summed E-state index contributed by atoms with van der Waals surface area (Å²) in [5.41, 5.74) is 3.30. The minimum Gasteiger partial charge on any atom is -0.451 e. The van der Waals surface area contributed by atoms with Gasteiger partial charge in [0.15, 0.2) is 5.76 Å². The van der Waals surface area contributed by atoms with Crippen LogP contribution in [0, 0.1) is 13.8 Å². The first-order chi connectivity index (χ1) is 12.5. The van der Waals surface area contributed by atoms with Crippen molar-refractivity contribution in [1.29, 1.82) is 0 Å². The Balaban J connectivity index is 1.62. The van der Waals surface area contributed by atoms with Crippen LogP contribution in [0.5, 0.6) is 0 Å². The van der Waals surface area contributed by atoms with Crippen molar-refractivity contribution >= 4 is 16.9 Å². The molecule has 0 spiro atoms. The van der Waals surface area contributed by atoms with Crippen molar-refractivity contribution in [2.24, 2.45) is 0 Å². The number of H-pyrrole nitrogens is 1. The fourth-order valence-electron chi connectivity index (χ4n) is 3.69. The van der Waals surface area contributed by atoms with Gasteiger partial charge in [-0.1, -0.05) is 12.1 Å². The molecule has 1 aliphatic heterocycles. The molecule has 2 aromatic heterocycles. The van der Waals surface area contributed by atoms with Gasteiger partial charge in [0.1, 0.15) is 5.58 Å². The Bertz CT molecular complexity index is 1030. The zero-order valence-corrected chi connectivity index (χ0v) is 14.9. The van der Waals surface area contributed by atoms with E-state index < -0.39 is 0 Å². The maximum absolute atomic E-state index is 13.1. The number of rotatable bonds is 2. The predicted molar refractivity (Wildman–Crippen MR) is 98.4 cm³/mol. The Kier molecular flexibility index (Phi) is 4.11. The molecule has 0 radical (unpaired) electrons. The lowest BCUT2D eigenvalue weighted by atomic mass is 9.94. The first kappa shape index (κ1) is 16.6. The average Bonchev–Trinajstić information content (AvgIpc) is 2.97. The van der Waals surface area contributed by atoms with Gasteiger partial charge in [0.05, 0.1) is 12.0 Å². The number of aromatic nitrogens is 2. The number of hydrogen-bond donors (Lipinski definition) is 1. The van der Waals surface area contributed by atoms with Crippen molar-refractivity contribution in [3.05, 3.63) is 63.5 Å². The highest BCUT2D eigenvalue weighted by molar-refractivity contribution is 5.99. The van der Waals surface area contributed by atoms with Crippen molar-refractivity contribution in [1.82, 2.24) is 14.9 Å². The normalized spacial score (nSPS) is 17.6. The second kappa shape index (κ2) is 6.44. The van der Waals surface area contributed by atoms with Gasteiger partial charge in [-0.2, -0.15) is 0 Å². The van der Waals surface area contributed by atoms with Crippen molar-refractivity contribution in [2.45, 2.75) is 32.6 Å². The largest absolute Gasteiger partial charge is 0.451 e. The maximum atomic E-state index is 13.1. The van der Waals surface area contributed by atoms with Gasteiger partial charge in [-0.25, -0.2) is 4.98 Å². The van der Waals surface area contributed by atoms with Crippen LogP contribution in [0.1, 0.15) is 46.1 Å². The van der Waals surface area contributed by atoms with Crippen molar-refractivity contribution in [3.63, 3.8) is 0 Å². The molecule has 1 aliphatic rings. The zero-order chi connectivity index (χ0) is 18.3. The first-order valence-electron chi connectivity index (χ1n) is 8.86. The van der Waals surface area contributed by atoms with Gasteiger partial charge in [0, 0.05) is 36.0 Å². The molecule has 1 atom stereocenters. The van der Waals surface area contributed by atoms with Gasteiger partial charge in [-0.3, -0.25) is 9.59 Å². The molecule has 6 nitrogen and oxygen atoms in total. The van der Waals surface area contributed by atoms with Gasteiger partial charge in [-0.15, -0.1) is 0 Å². The Morgan fingerprint density at radius 2 is 2.15 bits per heavy atom. The number of likely N-dealkylation sites (tertiary alicyclic amines) is 1. The average molecular weight is 351 g/mol. The lowest BCUT2D eigenvalue weighted by molar-refractivity contribution is 0.0675. The lowest BCUT2D eigenvalue weighted by Crippen LogP contribution is -2.39. The van der Waals surface area contributed by atoms with Gasteiger partial charge < -0.3 is 14.3 Å². The van der Waals surface area contributed by atoms with E-state index in [1.54, 1.807) is 0 Å². The van der Waals surface area contributed by atoms with E-state index in [-0.39, 0.29) is 17.4 Å². The van der Waals surface area contributed by atoms with Crippen molar-refractivity contribution in [2.75, 3.05) is 13.1 Å². The van der Waals surface area contributed by atoms with Crippen molar-refractivity contribution < 1.29 is 9.21 Å². The fourth-order valence-corrected chi connectivity index (χ4v) is 3.69. The minimum absolute atomic E-state index is 0.0712. The molecule has 0 aliphatic carbocycles. The van der Waals surface area contributed by atoms with E-state index in [0.717, 1.165) is 40.6 Å². The third-order valence-electron chi connectivity index (χ3n) is 5.11. The second-order valence-electron chi connectivity index (χ2n) is 6.98. The quantitative estimate of drug-likeness (QED) is 0.769. The highest BCUT2D eigenvalue weighted by Crippen LogP contribution is 2.30. The third kappa shape index (κ3) is 2.92. The highest BCUT2D eigenvalue weighted by Gasteiger charge is 2.29. The van der Waals surface area contributed by atoms with Crippen LogP contribution in [0.3, 0.4) is 0 Å². The maximum Gasteiger partial charge on any atom is 0.289 e. The van der Waals surface area contributed by atoms with E-state index in [2.05, 4.69) is 9.97 Å². The van der Waals surface area contributed by atoms with E-state index >= 15 is 0 Å². The summed E-state index contributed by atoms with van der Waals surface area (Å²) in [6.07, 6.45) is 3.21. The number of hydrogen-bond acceptors (Lipinski definition) is 4. The van der Waals surface area contributed by atoms with Crippen LogP contribution >= 0.6 is 0 Å². The number of piperidine rings is 1. The Hall–Kier alpha value is -2.89. The summed E-state index contributed by atoms with van der Waals surface area (Å²) < 4.78 is 5.89. The minimum atomic E-state index is -0.165. The molecular weight excluding hydrogens is 330 g/mol. The van der Waals surface area contributed by atoms with Gasteiger partial charge in [-0.05, 0) is 38.3 Å². The molecule has 1 fully saturated rings. The Morgan fingerprint density at radius 3 is 2.96 bits per heavy atom. The number of amides is 1. The van der Waals surface area contributed by atoms with Crippen LogP contribution in [0.4, 0.5) is 0 Å². The summed E-state index contributed by atoms with van der Waals surface area (Å²) in [4.78, 5) is 33.2. The van der Waals surface area contributed by atoms with Crippen LogP contribution in [-0.4, -0.2) is 33.9 Å². The predicted octanol–water partition coefficient (Wildman–Crippen LogP) is 3.15. The lowest BCUT2D eigenvalue weighted by Gasteiger charge is -2.32. The summed E-state index contributed by atoms with van der Waals surface area (Å²) in [6, 6.07) is 7.50. The summed E-state index contributed by atoms with van der Waals surface area (Å²) in [5, 5.41) is 0.976. The standard InChI is InChI=1S/C20H21N3O3/c1-12-5-6-15-13(2)19(26-17(15)8-12)20(25)23-7-3-4-14(10-23)16-9-18(24)22-11-21-16/h5-6,8-9,11,14H,3-4,7,10H2,1-2H3,(H,21,22,24)/t14-/m0/s1. The van der Waals surface area contributed by atoms with Gasteiger partial charge >= 0.3 is 0 Å². The monoisotopic (exact) mass is 351 g/mol. The van der Waals surface area contributed by atoms with Crippen LogP contribution in [0.15, 0.2) is 39.8 Å². The van der Waals surface area contributed by atoms with E-state index in [9.17, 15) is 9.59 Å². The summed E-state index contributed by atoms with van der Waals surface area (Å²) >= 11 is 0. The molecule has 1 amide bonds. The number of benzene rings is 1. The molecule has 6 heteroatoms. The summed E-state index contributed by atoms with van der Waals surface area (Å²) in [7, 11) is 0. The van der Waals surface area contributed by atoms with Crippen molar-refractivity contribution in [3.8, 4) is 0 Å².